The number of aromatic hydroxyl groups is 7. The maximum atomic E-state index is 13.2. The zero-order valence-corrected chi connectivity index (χ0v) is 21.0. The number of hydrogen-bond acceptors (Lipinski definition) is 12. The van der Waals surface area contributed by atoms with Crippen molar-refractivity contribution in [3.8, 4) is 51.7 Å². The largest absolute Gasteiger partial charge is 0.508 e. The van der Waals surface area contributed by atoms with Crippen molar-refractivity contribution >= 4 is 10.8 Å². The Bertz CT molecular complexity index is 1800. The molecule has 0 aliphatic carbocycles. The first-order chi connectivity index (χ1) is 19.4. The molecule has 6 rings (SSSR count). The fourth-order valence-corrected chi connectivity index (χ4v) is 5.59. The van der Waals surface area contributed by atoms with Gasteiger partial charge in [-0.15, -0.1) is 0 Å². The third-order valence-corrected chi connectivity index (χ3v) is 7.47. The van der Waals surface area contributed by atoms with Gasteiger partial charge in [0, 0.05) is 64.7 Å². The molecule has 2 aliphatic heterocycles. The van der Waals surface area contributed by atoms with Crippen molar-refractivity contribution < 1.29 is 55.4 Å². The first-order valence-corrected chi connectivity index (χ1v) is 12.5. The average Bonchev–Trinajstić information content (AvgIpc) is 3.03. The molecular formula is C29H24O12. The molecule has 0 aromatic heterocycles. The highest BCUT2D eigenvalue weighted by Crippen LogP contribution is 2.49. The Morgan fingerprint density at radius 2 is 1.10 bits per heavy atom. The minimum atomic E-state index is -1.38. The Kier molecular flexibility index (Phi) is 5.90. The summed E-state index contributed by atoms with van der Waals surface area (Å²) in [5.41, 5.74) is -0.674. The van der Waals surface area contributed by atoms with Crippen LogP contribution in [0.15, 0.2) is 47.3 Å². The van der Waals surface area contributed by atoms with Gasteiger partial charge in [-0.3, -0.25) is 4.79 Å². The first-order valence-electron chi connectivity index (χ1n) is 12.5. The van der Waals surface area contributed by atoms with Crippen molar-refractivity contribution in [2.24, 2.45) is 0 Å². The molecule has 12 heteroatoms. The van der Waals surface area contributed by atoms with Crippen molar-refractivity contribution in [2.45, 2.75) is 37.3 Å². The average molecular weight is 564 g/mol. The van der Waals surface area contributed by atoms with Crippen LogP contribution in [0, 0.1) is 0 Å². The van der Waals surface area contributed by atoms with E-state index in [0.29, 0.717) is 0 Å². The molecule has 0 amide bonds. The van der Waals surface area contributed by atoms with E-state index >= 15 is 0 Å². The minimum Gasteiger partial charge on any atom is -0.508 e. The van der Waals surface area contributed by atoms with Gasteiger partial charge in [0.15, 0.2) is 29.5 Å². The predicted molar refractivity (Wildman–Crippen MR) is 141 cm³/mol. The molecule has 0 fully saturated rings. The van der Waals surface area contributed by atoms with E-state index in [1.165, 1.54) is 18.2 Å². The Morgan fingerprint density at radius 3 is 1.63 bits per heavy atom. The van der Waals surface area contributed by atoms with Gasteiger partial charge in [-0.25, -0.2) is 0 Å². The lowest BCUT2D eigenvalue weighted by Gasteiger charge is -2.34. The van der Waals surface area contributed by atoms with E-state index in [4.69, 9.17) is 9.47 Å². The third kappa shape index (κ3) is 4.12. The van der Waals surface area contributed by atoms with E-state index in [-0.39, 0.29) is 75.0 Å². The number of hydrogen-bond donors (Lipinski definition) is 9. The molecule has 212 valence electrons. The fourth-order valence-electron chi connectivity index (χ4n) is 5.59. The van der Waals surface area contributed by atoms with Crippen LogP contribution in [0.2, 0.25) is 0 Å². The summed E-state index contributed by atoms with van der Waals surface area (Å²) >= 11 is 0. The molecule has 41 heavy (non-hydrogen) atoms. The van der Waals surface area contributed by atoms with Crippen molar-refractivity contribution in [1.82, 2.24) is 0 Å². The van der Waals surface area contributed by atoms with Gasteiger partial charge in [-0.1, -0.05) is 6.07 Å². The number of benzene rings is 3. The summed E-state index contributed by atoms with van der Waals surface area (Å²) < 4.78 is 11.9. The van der Waals surface area contributed by atoms with Gasteiger partial charge in [-0.2, -0.15) is 0 Å². The van der Waals surface area contributed by atoms with Gasteiger partial charge in [-0.05, 0) is 12.1 Å². The van der Waals surface area contributed by atoms with Crippen LogP contribution < -0.4 is 14.9 Å². The van der Waals surface area contributed by atoms with Crippen LogP contribution in [0.1, 0.15) is 34.5 Å². The Labute approximate surface area is 230 Å². The van der Waals surface area contributed by atoms with Crippen LogP contribution in [0.3, 0.4) is 0 Å². The van der Waals surface area contributed by atoms with Gasteiger partial charge in [0.25, 0.3) is 0 Å². The van der Waals surface area contributed by atoms with Gasteiger partial charge in [0.05, 0.1) is 17.6 Å². The molecule has 9 N–H and O–H groups in total. The summed E-state index contributed by atoms with van der Waals surface area (Å²) in [6, 6.07) is 7.95. The summed E-state index contributed by atoms with van der Waals surface area (Å²) in [6.07, 6.45) is -5.68. The topological polar surface area (TPSA) is 218 Å². The molecule has 0 radical (unpaired) electrons. The Balaban J connectivity index is 1.63. The number of phenols is 6. The fraction of sp³-hybridized carbons (Fsp3) is 0.207. The Morgan fingerprint density at radius 1 is 0.585 bits per heavy atom. The maximum absolute atomic E-state index is 13.2. The summed E-state index contributed by atoms with van der Waals surface area (Å²) in [5, 5.41) is 93.9. The zero-order chi connectivity index (χ0) is 29.3. The van der Waals surface area contributed by atoms with Crippen molar-refractivity contribution in [2.75, 3.05) is 0 Å². The van der Waals surface area contributed by atoms with Crippen LogP contribution in [0.25, 0.3) is 10.8 Å². The Hall–Kier alpha value is -5.07. The molecule has 4 atom stereocenters. The number of aliphatic hydroxyl groups is 2. The van der Waals surface area contributed by atoms with E-state index < -0.39 is 52.5 Å². The lowest BCUT2D eigenvalue weighted by molar-refractivity contribution is 0.0177. The molecule has 0 saturated carbocycles. The monoisotopic (exact) mass is 564 g/mol. The highest BCUT2D eigenvalue weighted by Gasteiger charge is 2.38. The van der Waals surface area contributed by atoms with Crippen molar-refractivity contribution in [1.29, 1.82) is 0 Å². The van der Waals surface area contributed by atoms with E-state index in [2.05, 4.69) is 0 Å². The van der Waals surface area contributed by atoms with Gasteiger partial charge < -0.3 is 55.4 Å². The maximum Gasteiger partial charge on any atom is 0.231 e. The normalized spacial score (nSPS) is 21.4. The lowest BCUT2D eigenvalue weighted by Crippen LogP contribution is -2.32. The molecule has 0 spiro atoms. The molecular weight excluding hydrogens is 540 g/mol. The highest BCUT2D eigenvalue weighted by molar-refractivity contribution is 5.96. The molecule has 2 aliphatic rings. The van der Waals surface area contributed by atoms with Crippen LogP contribution >= 0.6 is 0 Å². The first kappa shape index (κ1) is 26.2. The number of phenolic OH excluding ortho intramolecular Hbond substituents is 6. The SMILES string of the molecule is O=c1c(O)ccc([C@H]2Oc3cc(O)cc(O)c3C[C@H]2O)c2c(C3Oc4cc(O)cc(O)c4C[C@H]3O)cc(O)c(O)c12. The second-order valence-corrected chi connectivity index (χ2v) is 10.1. The lowest BCUT2D eigenvalue weighted by atomic mass is 9.86. The standard InChI is InChI=1S/C29H24O12/c30-10-3-17(33)13-7-20(36)28(40-22(13)5-10)12-1-2-16(32)26(38)25-24(12)15(9-19(35)27(25)39)29-21(37)8-14-18(34)4-11(31)6-23(14)41-29/h1-6,9,20-21,28-31,33-37,39H,7-8H2,(H,32,38)/t20-,21-,28-,29?/m1/s1. The number of fused-ring (bicyclic) bond motifs is 3. The second-order valence-electron chi connectivity index (χ2n) is 10.1. The summed E-state index contributed by atoms with van der Waals surface area (Å²) in [6.45, 7) is 0. The molecule has 2 heterocycles. The summed E-state index contributed by atoms with van der Waals surface area (Å²) in [5.74, 6) is -3.69. The van der Waals surface area contributed by atoms with E-state index in [9.17, 15) is 50.8 Å². The van der Waals surface area contributed by atoms with E-state index in [1.54, 1.807) is 0 Å². The molecule has 4 aromatic carbocycles. The molecule has 0 saturated heterocycles. The molecule has 12 nitrogen and oxygen atoms in total. The van der Waals surface area contributed by atoms with Gasteiger partial charge >= 0.3 is 0 Å². The minimum absolute atomic E-state index is 0.0133. The second kappa shape index (κ2) is 9.25. The number of ether oxygens (including phenoxy) is 2. The molecule has 1 unspecified atom stereocenters. The van der Waals surface area contributed by atoms with Gasteiger partial charge in [0.2, 0.25) is 5.43 Å². The van der Waals surface area contributed by atoms with E-state index in [1.807, 2.05) is 0 Å². The molecule has 4 aromatic rings. The van der Waals surface area contributed by atoms with Crippen LogP contribution in [0.5, 0.6) is 51.7 Å². The highest BCUT2D eigenvalue weighted by atomic mass is 16.5. The zero-order valence-electron chi connectivity index (χ0n) is 21.0. The number of aliphatic hydroxyl groups excluding tert-OH is 2. The summed E-state index contributed by atoms with van der Waals surface area (Å²) in [7, 11) is 0. The number of rotatable bonds is 2. The summed E-state index contributed by atoms with van der Waals surface area (Å²) in [4.78, 5) is 13.2. The smallest absolute Gasteiger partial charge is 0.231 e. The third-order valence-electron chi connectivity index (χ3n) is 7.47. The predicted octanol–water partition coefficient (Wildman–Crippen LogP) is 2.21. The van der Waals surface area contributed by atoms with Gasteiger partial charge in [0.1, 0.15) is 34.5 Å². The van der Waals surface area contributed by atoms with E-state index in [0.717, 1.165) is 24.3 Å². The van der Waals surface area contributed by atoms with Crippen LogP contribution in [-0.4, -0.2) is 58.2 Å². The van der Waals surface area contributed by atoms with Crippen molar-refractivity contribution in [3.63, 3.8) is 0 Å². The van der Waals surface area contributed by atoms with Crippen LogP contribution in [0.4, 0.5) is 0 Å². The molecule has 0 bridgehead atoms. The quantitative estimate of drug-likeness (QED) is 0.160. The van der Waals surface area contributed by atoms with Crippen molar-refractivity contribution in [3.05, 3.63) is 74.9 Å². The van der Waals surface area contributed by atoms with Crippen LogP contribution in [-0.2, 0) is 12.8 Å².